The highest BCUT2D eigenvalue weighted by atomic mass is 32.2. The van der Waals surface area contributed by atoms with Crippen LogP contribution in [-0.4, -0.2) is 35.9 Å². The topological polar surface area (TPSA) is 66.8 Å². The number of carboxylic acids is 1. The molecule has 132 valence electrons. The van der Waals surface area contributed by atoms with E-state index >= 15 is 0 Å². The number of carboxylic acid groups (broad SMARTS) is 1. The van der Waals surface area contributed by atoms with Gasteiger partial charge in [0.05, 0.1) is 5.25 Å². The summed E-state index contributed by atoms with van der Waals surface area (Å²) in [6, 6.07) is 16.8. The summed E-state index contributed by atoms with van der Waals surface area (Å²) in [7, 11) is 1.73. The van der Waals surface area contributed by atoms with Crippen molar-refractivity contribution in [3.63, 3.8) is 0 Å². The smallest absolute Gasteiger partial charge is 0.341 e. The first-order valence-electron chi connectivity index (χ1n) is 7.85. The van der Waals surface area contributed by atoms with Crippen LogP contribution in [-0.2, 0) is 15.3 Å². The Morgan fingerprint density at radius 3 is 2.36 bits per heavy atom. The van der Waals surface area contributed by atoms with Crippen molar-refractivity contribution in [2.75, 3.05) is 18.6 Å². The fourth-order valence-corrected chi connectivity index (χ4v) is 3.11. The highest BCUT2D eigenvalue weighted by Crippen LogP contribution is 2.23. The zero-order valence-electron chi connectivity index (χ0n) is 14.2. The van der Waals surface area contributed by atoms with Crippen molar-refractivity contribution in [1.29, 1.82) is 0 Å². The van der Waals surface area contributed by atoms with Crippen molar-refractivity contribution in [2.45, 2.75) is 17.9 Å². The summed E-state index contributed by atoms with van der Waals surface area (Å²) < 4.78 is 5.09. The van der Waals surface area contributed by atoms with Gasteiger partial charge in [-0.3, -0.25) is 4.79 Å². The maximum atomic E-state index is 12.6. The molecule has 0 heterocycles. The maximum absolute atomic E-state index is 12.6. The van der Waals surface area contributed by atoms with Crippen LogP contribution in [0.5, 0.6) is 5.75 Å². The Hall–Kier alpha value is -2.47. The molecule has 0 spiro atoms. The van der Waals surface area contributed by atoms with Crippen LogP contribution in [0.3, 0.4) is 0 Å². The summed E-state index contributed by atoms with van der Waals surface area (Å²) in [5.41, 5.74) is 1.93. The largest absolute Gasteiger partial charge is 0.482 e. The van der Waals surface area contributed by atoms with Crippen molar-refractivity contribution in [2.24, 2.45) is 0 Å². The van der Waals surface area contributed by atoms with Gasteiger partial charge in [0.2, 0.25) is 5.91 Å². The molecule has 0 saturated carbocycles. The number of nitrogens with zero attached hydrogens (tertiary/aromatic N) is 1. The van der Waals surface area contributed by atoms with E-state index in [1.54, 1.807) is 48.0 Å². The van der Waals surface area contributed by atoms with Crippen LogP contribution in [0.4, 0.5) is 5.69 Å². The third-order valence-electron chi connectivity index (χ3n) is 3.61. The minimum absolute atomic E-state index is 0.0140. The summed E-state index contributed by atoms with van der Waals surface area (Å²) in [4.78, 5) is 24.7. The van der Waals surface area contributed by atoms with E-state index in [1.807, 2.05) is 37.3 Å². The highest BCUT2D eigenvalue weighted by Gasteiger charge is 2.19. The van der Waals surface area contributed by atoms with Gasteiger partial charge in [0.25, 0.3) is 0 Å². The van der Waals surface area contributed by atoms with E-state index in [0.29, 0.717) is 5.75 Å². The number of carbonyl (C=O) groups is 2. The second-order valence-corrected chi connectivity index (χ2v) is 6.84. The standard InChI is InChI=1S/C19H21NO4S/c1-14(25-13-15-6-4-3-5-7-15)19(23)20(2)16-8-10-17(11-9-16)24-12-18(21)22/h3-11,14H,12-13H2,1-2H3,(H,21,22). The van der Waals surface area contributed by atoms with E-state index < -0.39 is 5.97 Å². The molecule has 2 aromatic carbocycles. The Morgan fingerprint density at radius 1 is 1.12 bits per heavy atom. The Bertz CT molecular complexity index is 703. The Morgan fingerprint density at radius 2 is 1.76 bits per heavy atom. The third kappa shape index (κ3) is 5.83. The minimum atomic E-state index is -1.03. The van der Waals surface area contributed by atoms with E-state index in [-0.39, 0.29) is 17.8 Å². The molecule has 0 saturated heterocycles. The average Bonchev–Trinajstić information content (AvgIpc) is 2.64. The van der Waals surface area contributed by atoms with Crippen LogP contribution in [0.2, 0.25) is 0 Å². The van der Waals surface area contributed by atoms with Gasteiger partial charge in [-0.15, -0.1) is 11.8 Å². The fourth-order valence-electron chi connectivity index (χ4n) is 2.18. The number of hydrogen-bond donors (Lipinski definition) is 1. The summed E-state index contributed by atoms with van der Waals surface area (Å²) in [6.07, 6.45) is 0. The number of carbonyl (C=O) groups excluding carboxylic acids is 1. The molecule has 0 aromatic heterocycles. The summed E-state index contributed by atoms with van der Waals surface area (Å²) >= 11 is 1.59. The van der Waals surface area contributed by atoms with Gasteiger partial charge >= 0.3 is 5.97 Å². The van der Waals surface area contributed by atoms with Crippen LogP contribution in [0.1, 0.15) is 12.5 Å². The lowest BCUT2D eigenvalue weighted by atomic mass is 10.2. The van der Waals surface area contributed by atoms with Gasteiger partial charge in [-0.2, -0.15) is 0 Å². The number of benzene rings is 2. The molecule has 0 aliphatic rings. The first-order chi connectivity index (χ1) is 12.0. The number of hydrogen-bond acceptors (Lipinski definition) is 4. The van der Waals surface area contributed by atoms with Gasteiger partial charge in [0.15, 0.2) is 6.61 Å². The van der Waals surface area contributed by atoms with Crippen LogP contribution < -0.4 is 9.64 Å². The SMILES string of the molecule is CC(SCc1ccccc1)C(=O)N(C)c1ccc(OCC(=O)O)cc1. The lowest BCUT2D eigenvalue weighted by Crippen LogP contribution is -2.33. The molecule has 0 aliphatic carbocycles. The van der Waals surface area contributed by atoms with Gasteiger partial charge < -0.3 is 14.7 Å². The van der Waals surface area contributed by atoms with Crippen LogP contribution in [0, 0.1) is 0 Å². The van der Waals surface area contributed by atoms with Crippen LogP contribution in [0.25, 0.3) is 0 Å². The van der Waals surface area contributed by atoms with Crippen molar-refractivity contribution in [1.82, 2.24) is 0 Å². The highest BCUT2D eigenvalue weighted by molar-refractivity contribution is 7.99. The molecule has 6 heteroatoms. The van der Waals surface area contributed by atoms with E-state index in [0.717, 1.165) is 11.4 Å². The van der Waals surface area contributed by atoms with Gasteiger partial charge in [-0.25, -0.2) is 4.79 Å². The van der Waals surface area contributed by atoms with E-state index in [1.165, 1.54) is 5.56 Å². The lowest BCUT2D eigenvalue weighted by molar-refractivity contribution is -0.139. The second kappa shape index (κ2) is 9.13. The molecule has 1 amide bonds. The lowest BCUT2D eigenvalue weighted by Gasteiger charge is -2.21. The van der Waals surface area contributed by atoms with Gasteiger partial charge in [0.1, 0.15) is 5.75 Å². The Kier molecular flexibility index (Phi) is 6.89. The predicted octanol–water partition coefficient (Wildman–Crippen LogP) is 3.43. The van der Waals surface area contributed by atoms with E-state index in [2.05, 4.69) is 0 Å². The van der Waals surface area contributed by atoms with Crippen LogP contribution >= 0.6 is 11.8 Å². The maximum Gasteiger partial charge on any atom is 0.341 e. The molecule has 2 rings (SSSR count). The molecule has 0 aliphatic heterocycles. The first-order valence-corrected chi connectivity index (χ1v) is 8.90. The Balaban J connectivity index is 1.90. The second-order valence-electron chi connectivity index (χ2n) is 5.51. The van der Waals surface area contributed by atoms with E-state index in [4.69, 9.17) is 9.84 Å². The molecule has 1 N–H and O–H groups in total. The first kappa shape index (κ1) is 18.9. The molecular formula is C19H21NO4S. The molecule has 0 radical (unpaired) electrons. The fraction of sp³-hybridized carbons (Fsp3) is 0.263. The van der Waals surface area contributed by atoms with Gasteiger partial charge in [0, 0.05) is 18.5 Å². The number of amides is 1. The monoisotopic (exact) mass is 359 g/mol. The molecular weight excluding hydrogens is 338 g/mol. The minimum Gasteiger partial charge on any atom is -0.482 e. The number of anilines is 1. The van der Waals surface area contributed by atoms with Crippen molar-refractivity contribution < 1.29 is 19.4 Å². The summed E-state index contributed by atoms with van der Waals surface area (Å²) in [5.74, 6) is 0.225. The van der Waals surface area contributed by atoms with Gasteiger partial charge in [-0.1, -0.05) is 30.3 Å². The van der Waals surface area contributed by atoms with Crippen molar-refractivity contribution >= 4 is 29.3 Å². The molecule has 25 heavy (non-hydrogen) atoms. The van der Waals surface area contributed by atoms with Crippen LogP contribution in [0.15, 0.2) is 54.6 Å². The number of rotatable bonds is 8. The van der Waals surface area contributed by atoms with Crippen molar-refractivity contribution in [3.05, 3.63) is 60.2 Å². The number of thioether (sulfide) groups is 1. The van der Waals surface area contributed by atoms with Gasteiger partial charge in [-0.05, 0) is 36.8 Å². The molecule has 2 aromatic rings. The van der Waals surface area contributed by atoms with E-state index in [9.17, 15) is 9.59 Å². The molecule has 1 unspecified atom stereocenters. The molecule has 1 atom stereocenters. The van der Waals surface area contributed by atoms with Crippen molar-refractivity contribution in [3.8, 4) is 5.75 Å². The summed E-state index contributed by atoms with van der Waals surface area (Å²) in [5, 5.41) is 8.43. The predicted molar refractivity (Wildman–Crippen MR) is 100 cm³/mol. The molecule has 0 bridgehead atoms. The number of aliphatic carboxylic acids is 1. The molecule has 0 fully saturated rings. The molecule has 5 nitrogen and oxygen atoms in total. The zero-order chi connectivity index (χ0) is 18.2. The normalized spacial score (nSPS) is 11.6. The Labute approximate surface area is 151 Å². The third-order valence-corrected chi connectivity index (χ3v) is 4.81. The number of ether oxygens (including phenoxy) is 1. The summed E-state index contributed by atoms with van der Waals surface area (Å²) in [6.45, 7) is 1.51. The zero-order valence-corrected chi connectivity index (χ0v) is 15.0. The quantitative estimate of drug-likeness (QED) is 0.782. The average molecular weight is 359 g/mol.